The van der Waals surface area contributed by atoms with Crippen molar-refractivity contribution >= 4 is 23.2 Å². The van der Waals surface area contributed by atoms with Crippen LogP contribution in [0.4, 0.5) is 30.5 Å². The molecule has 0 spiro atoms. The lowest BCUT2D eigenvalue weighted by atomic mass is 10.2. The third kappa shape index (κ3) is 4.14. The van der Waals surface area contributed by atoms with Crippen LogP contribution in [0.5, 0.6) is 5.75 Å². The van der Waals surface area contributed by atoms with Crippen molar-refractivity contribution in [1.29, 1.82) is 0 Å². The summed E-state index contributed by atoms with van der Waals surface area (Å²) >= 11 is 0. The smallest absolute Gasteiger partial charge is 0.258 e. The van der Waals surface area contributed by atoms with Crippen LogP contribution in [0.2, 0.25) is 0 Å². The minimum Gasteiger partial charge on any atom is -0.497 e. The topological polar surface area (TPSA) is 76.1 Å². The van der Waals surface area contributed by atoms with E-state index in [9.17, 15) is 18.0 Å². The molecule has 9 heteroatoms. The second-order valence-corrected chi connectivity index (χ2v) is 5.33. The minimum absolute atomic E-state index is 0.0853. The average molecular weight is 374 g/mol. The largest absolute Gasteiger partial charge is 0.497 e. The standard InChI is InChI=1S/C18H13F3N4O2/c1-27-12-4-2-3-11(7-12)24-17(26)10-8-22-18(23-9-10)25-14-6-5-13(19)15(20)16(14)21/h2-9H,1H3,(H,24,26)(H,22,23,25). The predicted octanol–water partition coefficient (Wildman–Crippen LogP) is 3.90. The number of halogens is 3. The molecule has 0 aliphatic heterocycles. The molecule has 138 valence electrons. The molecule has 2 aromatic carbocycles. The van der Waals surface area contributed by atoms with E-state index in [-0.39, 0.29) is 17.2 Å². The number of hydrogen-bond donors (Lipinski definition) is 2. The van der Waals surface area contributed by atoms with Crippen LogP contribution in [-0.2, 0) is 0 Å². The van der Waals surface area contributed by atoms with Gasteiger partial charge in [0.05, 0.1) is 18.4 Å². The van der Waals surface area contributed by atoms with E-state index in [0.29, 0.717) is 11.4 Å². The summed E-state index contributed by atoms with van der Waals surface area (Å²) in [7, 11) is 1.51. The highest BCUT2D eigenvalue weighted by molar-refractivity contribution is 6.04. The van der Waals surface area contributed by atoms with Crippen LogP contribution in [0.1, 0.15) is 10.4 Å². The molecule has 1 amide bonds. The number of ether oxygens (including phenoxy) is 1. The van der Waals surface area contributed by atoms with Crippen molar-refractivity contribution in [2.75, 3.05) is 17.7 Å². The van der Waals surface area contributed by atoms with Gasteiger partial charge in [0.1, 0.15) is 5.75 Å². The summed E-state index contributed by atoms with van der Waals surface area (Å²) < 4.78 is 44.9. The van der Waals surface area contributed by atoms with Crippen LogP contribution >= 0.6 is 0 Å². The predicted molar refractivity (Wildman–Crippen MR) is 92.6 cm³/mol. The molecule has 0 saturated carbocycles. The quantitative estimate of drug-likeness (QED) is 0.663. The zero-order valence-electron chi connectivity index (χ0n) is 14.0. The van der Waals surface area contributed by atoms with Gasteiger partial charge in [-0.25, -0.2) is 23.1 Å². The SMILES string of the molecule is COc1cccc(NC(=O)c2cnc(Nc3ccc(F)c(F)c3F)nc2)c1. The molecule has 6 nitrogen and oxygen atoms in total. The molecule has 0 bridgehead atoms. The first kappa shape index (κ1) is 18.2. The lowest BCUT2D eigenvalue weighted by molar-refractivity contribution is 0.102. The number of aromatic nitrogens is 2. The molecule has 0 fully saturated rings. The third-order valence-corrected chi connectivity index (χ3v) is 3.52. The Kier molecular flexibility index (Phi) is 5.20. The summed E-state index contributed by atoms with van der Waals surface area (Å²) in [6, 6.07) is 8.56. The Morgan fingerprint density at radius 1 is 1.04 bits per heavy atom. The second-order valence-electron chi connectivity index (χ2n) is 5.33. The summed E-state index contributed by atoms with van der Waals surface area (Å²) in [5.41, 5.74) is 0.335. The first-order valence-electron chi connectivity index (χ1n) is 7.66. The van der Waals surface area contributed by atoms with Gasteiger partial charge >= 0.3 is 0 Å². The van der Waals surface area contributed by atoms with Crippen molar-refractivity contribution in [3.63, 3.8) is 0 Å². The van der Waals surface area contributed by atoms with Crippen LogP contribution in [0, 0.1) is 17.5 Å². The van der Waals surface area contributed by atoms with Crippen LogP contribution in [-0.4, -0.2) is 23.0 Å². The van der Waals surface area contributed by atoms with Crippen LogP contribution < -0.4 is 15.4 Å². The summed E-state index contributed by atoms with van der Waals surface area (Å²) in [6.07, 6.45) is 2.42. The van der Waals surface area contributed by atoms with E-state index in [4.69, 9.17) is 4.74 Å². The normalized spacial score (nSPS) is 10.4. The Hall–Kier alpha value is -3.62. The molecular weight excluding hydrogens is 361 g/mol. The molecule has 0 atom stereocenters. The number of benzene rings is 2. The highest BCUT2D eigenvalue weighted by atomic mass is 19.2. The lowest BCUT2D eigenvalue weighted by Gasteiger charge is -2.08. The van der Waals surface area contributed by atoms with Crippen LogP contribution in [0.3, 0.4) is 0 Å². The molecule has 2 N–H and O–H groups in total. The van der Waals surface area contributed by atoms with Gasteiger partial charge in [0.15, 0.2) is 17.5 Å². The Morgan fingerprint density at radius 3 is 2.48 bits per heavy atom. The van der Waals surface area contributed by atoms with Crippen molar-refractivity contribution < 1.29 is 22.7 Å². The summed E-state index contributed by atoms with van der Waals surface area (Å²) in [4.78, 5) is 20.0. The highest BCUT2D eigenvalue weighted by Gasteiger charge is 2.14. The molecule has 0 aliphatic carbocycles. The fraction of sp³-hybridized carbons (Fsp3) is 0.0556. The van der Waals surface area contributed by atoms with Gasteiger partial charge in [-0.1, -0.05) is 6.07 Å². The van der Waals surface area contributed by atoms with Gasteiger partial charge in [-0.05, 0) is 24.3 Å². The Bertz CT molecular complexity index is 981. The maximum atomic E-state index is 13.7. The number of carbonyl (C=O) groups is 1. The van der Waals surface area contributed by atoms with Gasteiger partial charge in [0, 0.05) is 24.1 Å². The molecule has 27 heavy (non-hydrogen) atoms. The number of amides is 1. The number of carbonyl (C=O) groups excluding carboxylic acids is 1. The van der Waals surface area contributed by atoms with Gasteiger partial charge in [-0.2, -0.15) is 0 Å². The maximum Gasteiger partial charge on any atom is 0.258 e. The van der Waals surface area contributed by atoms with E-state index in [1.54, 1.807) is 24.3 Å². The van der Waals surface area contributed by atoms with Crippen molar-refractivity contribution in [3.05, 3.63) is 71.8 Å². The fourth-order valence-electron chi connectivity index (χ4n) is 2.16. The van der Waals surface area contributed by atoms with E-state index in [0.717, 1.165) is 12.1 Å². The molecule has 0 radical (unpaired) electrons. The van der Waals surface area contributed by atoms with E-state index in [2.05, 4.69) is 20.6 Å². The van der Waals surface area contributed by atoms with Gasteiger partial charge in [0.25, 0.3) is 5.91 Å². The molecule has 1 heterocycles. The summed E-state index contributed by atoms with van der Waals surface area (Å²) in [5, 5.41) is 5.07. The molecule has 3 rings (SSSR count). The minimum atomic E-state index is -1.60. The highest BCUT2D eigenvalue weighted by Crippen LogP contribution is 2.22. The Labute approximate surface area is 152 Å². The molecule has 0 saturated heterocycles. The number of methoxy groups -OCH3 is 1. The van der Waals surface area contributed by atoms with Crippen molar-refractivity contribution in [1.82, 2.24) is 9.97 Å². The summed E-state index contributed by atoms with van der Waals surface area (Å²) in [5.74, 6) is -4.26. The fourth-order valence-corrected chi connectivity index (χ4v) is 2.16. The maximum absolute atomic E-state index is 13.7. The first-order chi connectivity index (χ1) is 13.0. The third-order valence-electron chi connectivity index (χ3n) is 3.52. The number of rotatable bonds is 5. The zero-order valence-corrected chi connectivity index (χ0v) is 14.0. The first-order valence-corrected chi connectivity index (χ1v) is 7.66. The molecule has 1 aromatic heterocycles. The second kappa shape index (κ2) is 7.73. The van der Waals surface area contributed by atoms with Gasteiger partial charge in [-0.15, -0.1) is 0 Å². The monoisotopic (exact) mass is 374 g/mol. The van der Waals surface area contributed by atoms with E-state index in [1.165, 1.54) is 19.5 Å². The Morgan fingerprint density at radius 2 is 1.78 bits per heavy atom. The molecular formula is C18H13F3N4O2. The van der Waals surface area contributed by atoms with Crippen molar-refractivity contribution in [3.8, 4) is 5.75 Å². The zero-order chi connectivity index (χ0) is 19.4. The van der Waals surface area contributed by atoms with Crippen LogP contribution in [0.25, 0.3) is 0 Å². The molecule has 0 aliphatic rings. The number of nitrogens with zero attached hydrogens (tertiary/aromatic N) is 2. The van der Waals surface area contributed by atoms with E-state index < -0.39 is 23.4 Å². The van der Waals surface area contributed by atoms with E-state index in [1.807, 2.05) is 0 Å². The number of hydrogen-bond acceptors (Lipinski definition) is 5. The summed E-state index contributed by atoms with van der Waals surface area (Å²) in [6.45, 7) is 0. The van der Waals surface area contributed by atoms with Crippen LogP contribution in [0.15, 0.2) is 48.8 Å². The van der Waals surface area contributed by atoms with Gasteiger partial charge in [-0.3, -0.25) is 4.79 Å². The van der Waals surface area contributed by atoms with E-state index >= 15 is 0 Å². The van der Waals surface area contributed by atoms with Crippen molar-refractivity contribution in [2.24, 2.45) is 0 Å². The van der Waals surface area contributed by atoms with Gasteiger partial charge < -0.3 is 15.4 Å². The van der Waals surface area contributed by atoms with Crippen molar-refractivity contribution in [2.45, 2.75) is 0 Å². The molecule has 3 aromatic rings. The lowest BCUT2D eigenvalue weighted by Crippen LogP contribution is -2.13. The van der Waals surface area contributed by atoms with Gasteiger partial charge in [0.2, 0.25) is 5.95 Å². The average Bonchev–Trinajstić information content (AvgIpc) is 2.69. The number of anilines is 3. The number of nitrogens with one attached hydrogen (secondary N) is 2. The Balaban J connectivity index is 1.71. The molecule has 0 unspecified atom stereocenters.